The molecule has 0 atom stereocenters. The third kappa shape index (κ3) is 7.00. The molecule has 146 valence electrons. The Kier molecular flexibility index (Phi) is 6.80. The minimum absolute atomic E-state index is 0.0162. The molecule has 0 radical (unpaired) electrons. The minimum Gasteiger partial charge on any atom is -0.435 e. The number of hydrogen-bond acceptors (Lipinski definition) is 3. The monoisotopic (exact) mass is 389 g/mol. The summed E-state index contributed by atoms with van der Waals surface area (Å²) in [7, 11) is 0. The van der Waals surface area contributed by atoms with Crippen molar-refractivity contribution < 1.29 is 31.4 Å². The SMILES string of the molecule is NC(=NCCc1ccccc1OC(F)F)Nc1ccccc1OC(F)(F)F. The molecule has 3 N–H and O–H groups in total. The zero-order valence-corrected chi connectivity index (χ0v) is 13.8. The number of anilines is 1. The number of nitrogens with one attached hydrogen (secondary N) is 1. The van der Waals surface area contributed by atoms with Gasteiger partial charge in [-0.1, -0.05) is 30.3 Å². The van der Waals surface area contributed by atoms with E-state index in [1.165, 1.54) is 24.3 Å². The number of halogens is 5. The molecule has 0 spiro atoms. The van der Waals surface area contributed by atoms with E-state index in [1.807, 2.05) is 0 Å². The zero-order valence-electron chi connectivity index (χ0n) is 13.8. The second-order valence-corrected chi connectivity index (χ2v) is 5.17. The van der Waals surface area contributed by atoms with Crippen molar-refractivity contribution in [1.82, 2.24) is 0 Å². The summed E-state index contributed by atoms with van der Waals surface area (Å²) in [6, 6.07) is 11.6. The predicted molar refractivity (Wildman–Crippen MR) is 90.0 cm³/mol. The Morgan fingerprint density at radius 2 is 1.67 bits per heavy atom. The van der Waals surface area contributed by atoms with Crippen molar-refractivity contribution in [2.24, 2.45) is 10.7 Å². The van der Waals surface area contributed by atoms with Gasteiger partial charge in [-0.3, -0.25) is 4.99 Å². The van der Waals surface area contributed by atoms with Crippen LogP contribution in [0.4, 0.5) is 27.6 Å². The van der Waals surface area contributed by atoms with Gasteiger partial charge in [0, 0.05) is 6.54 Å². The Bertz CT molecular complexity index is 781. The minimum atomic E-state index is -4.85. The Morgan fingerprint density at radius 3 is 2.33 bits per heavy atom. The highest BCUT2D eigenvalue weighted by Gasteiger charge is 2.32. The molecule has 0 aliphatic rings. The van der Waals surface area contributed by atoms with Crippen LogP contribution in [0, 0.1) is 0 Å². The van der Waals surface area contributed by atoms with Crippen LogP contribution in [-0.4, -0.2) is 25.5 Å². The van der Waals surface area contributed by atoms with Crippen LogP contribution in [0.25, 0.3) is 0 Å². The van der Waals surface area contributed by atoms with Crippen LogP contribution in [0.15, 0.2) is 53.5 Å². The summed E-state index contributed by atoms with van der Waals surface area (Å²) in [4.78, 5) is 3.98. The number of rotatable bonds is 7. The smallest absolute Gasteiger partial charge is 0.435 e. The number of para-hydroxylation sites is 3. The van der Waals surface area contributed by atoms with E-state index >= 15 is 0 Å². The molecule has 2 aromatic rings. The molecule has 0 fully saturated rings. The van der Waals surface area contributed by atoms with Crippen LogP contribution in [-0.2, 0) is 6.42 Å². The highest BCUT2D eigenvalue weighted by molar-refractivity contribution is 5.93. The molecule has 0 bridgehead atoms. The quantitative estimate of drug-likeness (QED) is 0.424. The second kappa shape index (κ2) is 9.06. The van der Waals surface area contributed by atoms with Gasteiger partial charge >= 0.3 is 13.0 Å². The normalized spacial score (nSPS) is 12.1. The van der Waals surface area contributed by atoms with Crippen molar-refractivity contribution >= 4 is 11.6 Å². The zero-order chi connectivity index (χ0) is 19.9. The average molecular weight is 389 g/mol. The van der Waals surface area contributed by atoms with Gasteiger partial charge in [0.15, 0.2) is 11.7 Å². The number of aliphatic imine (C=N–C) groups is 1. The molecular weight excluding hydrogens is 373 g/mol. The number of guanidine groups is 1. The Balaban J connectivity index is 2.00. The lowest BCUT2D eigenvalue weighted by atomic mass is 10.1. The van der Waals surface area contributed by atoms with Crippen LogP contribution in [0.3, 0.4) is 0 Å². The molecule has 0 saturated heterocycles. The summed E-state index contributed by atoms with van der Waals surface area (Å²) in [5.74, 6) is -0.586. The molecule has 0 aromatic heterocycles. The fourth-order valence-corrected chi connectivity index (χ4v) is 2.18. The molecule has 0 aliphatic carbocycles. The van der Waals surface area contributed by atoms with E-state index in [-0.39, 0.29) is 30.4 Å². The number of nitrogens with zero attached hydrogens (tertiary/aromatic N) is 1. The summed E-state index contributed by atoms with van der Waals surface area (Å²) in [5, 5.41) is 2.52. The molecule has 2 rings (SSSR count). The first-order valence-electron chi connectivity index (χ1n) is 7.69. The van der Waals surface area contributed by atoms with Crippen molar-refractivity contribution in [2.75, 3.05) is 11.9 Å². The highest BCUT2D eigenvalue weighted by Crippen LogP contribution is 2.29. The Labute approximate surface area is 151 Å². The lowest BCUT2D eigenvalue weighted by Crippen LogP contribution is -2.25. The summed E-state index contributed by atoms with van der Waals surface area (Å²) >= 11 is 0. The maximum atomic E-state index is 12.4. The van der Waals surface area contributed by atoms with E-state index in [0.717, 1.165) is 6.07 Å². The van der Waals surface area contributed by atoms with Crippen molar-refractivity contribution in [2.45, 2.75) is 19.4 Å². The van der Waals surface area contributed by atoms with Crippen molar-refractivity contribution in [3.05, 3.63) is 54.1 Å². The van der Waals surface area contributed by atoms with E-state index in [4.69, 9.17) is 5.73 Å². The fraction of sp³-hybridized carbons (Fsp3) is 0.235. The van der Waals surface area contributed by atoms with Gasteiger partial charge in [-0.2, -0.15) is 8.78 Å². The first kappa shape index (κ1) is 20.3. The molecule has 2 aromatic carbocycles. The molecule has 10 heteroatoms. The number of hydrogen-bond donors (Lipinski definition) is 2. The van der Waals surface area contributed by atoms with Gasteiger partial charge in [-0.25, -0.2) is 0 Å². The van der Waals surface area contributed by atoms with E-state index in [0.29, 0.717) is 5.56 Å². The van der Waals surface area contributed by atoms with Gasteiger partial charge in [-0.05, 0) is 30.2 Å². The number of nitrogens with two attached hydrogens (primary N) is 1. The third-order valence-electron chi connectivity index (χ3n) is 3.23. The van der Waals surface area contributed by atoms with Gasteiger partial charge in [-0.15, -0.1) is 13.2 Å². The van der Waals surface area contributed by atoms with Crippen molar-refractivity contribution in [1.29, 1.82) is 0 Å². The Morgan fingerprint density at radius 1 is 1.04 bits per heavy atom. The van der Waals surface area contributed by atoms with E-state index < -0.39 is 18.7 Å². The molecular formula is C17H16F5N3O2. The lowest BCUT2D eigenvalue weighted by molar-refractivity contribution is -0.274. The molecule has 0 saturated carbocycles. The molecule has 0 aliphatic heterocycles. The van der Waals surface area contributed by atoms with Crippen molar-refractivity contribution in [3.63, 3.8) is 0 Å². The first-order chi connectivity index (χ1) is 12.7. The largest absolute Gasteiger partial charge is 0.573 e. The lowest BCUT2D eigenvalue weighted by Gasteiger charge is -2.14. The number of benzene rings is 2. The average Bonchev–Trinajstić information content (AvgIpc) is 2.56. The summed E-state index contributed by atoms with van der Waals surface area (Å²) in [6.07, 6.45) is -4.61. The predicted octanol–water partition coefficient (Wildman–Crippen LogP) is 4.16. The summed E-state index contributed by atoms with van der Waals surface area (Å²) in [6.45, 7) is -2.85. The fourth-order valence-electron chi connectivity index (χ4n) is 2.18. The molecule has 27 heavy (non-hydrogen) atoms. The molecule has 0 unspecified atom stereocenters. The molecule has 5 nitrogen and oxygen atoms in total. The second-order valence-electron chi connectivity index (χ2n) is 5.17. The van der Waals surface area contributed by atoms with Gasteiger partial charge in [0.05, 0.1) is 5.69 Å². The van der Waals surface area contributed by atoms with Crippen LogP contribution in [0.5, 0.6) is 11.5 Å². The van der Waals surface area contributed by atoms with E-state index in [9.17, 15) is 22.0 Å². The molecule has 0 amide bonds. The number of alkyl halides is 5. The first-order valence-corrected chi connectivity index (χ1v) is 7.69. The standard InChI is InChI=1S/C17H16F5N3O2/c18-15(19)26-13-7-3-1-5-11(13)9-10-24-16(23)25-12-6-2-4-8-14(12)27-17(20,21)22/h1-8,15H,9-10H2,(H3,23,24,25). The van der Waals surface area contributed by atoms with Crippen LogP contribution < -0.4 is 20.5 Å². The van der Waals surface area contributed by atoms with Crippen LogP contribution in [0.1, 0.15) is 5.56 Å². The summed E-state index contributed by atoms with van der Waals surface area (Å²) in [5.41, 5.74) is 6.15. The van der Waals surface area contributed by atoms with Gasteiger partial charge in [0.25, 0.3) is 0 Å². The maximum Gasteiger partial charge on any atom is 0.573 e. The van der Waals surface area contributed by atoms with Gasteiger partial charge in [0.1, 0.15) is 5.75 Å². The highest BCUT2D eigenvalue weighted by atomic mass is 19.4. The van der Waals surface area contributed by atoms with E-state index in [1.54, 1.807) is 18.2 Å². The van der Waals surface area contributed by atoms with Crippen LogP contribution in [0.2, 0.25) is 0 Å². The number of ether oxygens (including phenoxy) is 2. The molecule has 0 heterocycles. The topological polar surface area (TPSA) is 68.9 Å². The van der Waals surface area contributed by atoms with Crippen LogP contribution >= 0.6 is 0 Å². The summed E-state index contributed by atoms with van der Waals surface area (Å²) < 4.78 is 70.3. The maximum absolute atomic E-state index is 12.4. The van der Waals surface area contributed by atoms with E-state index in [2.05, 4.69) is 19.8 Å². The van der Waals surface area contributed by atoms with Gasteiger partial charge in [0.2, 0.25) is 0 Å². The van der Waals surface area contributed by atoms with Gasteiger partial charge < -0.3 is 20.5 Å². The Hall–Kier alpha value is -3.04. The van der Waals surface area contributed by atoms with Crippen molar-refractivity contribution in [3.8, 4) is 11.5 Å². The third-order valence-corrected chi connectivity index (χ3v) is 3.23.